The van der Waals surface area contributed by atoms with Crippen molar-refractivity contribution < 1.29 is 9.59 Å². The molecule has 0 radical (unpaired) electrons. The van der Waals surface area contributed by atoms with E-state index in [0.29, 0.717) is 0 Å². The van der Waals surface area contributed by atoms with Crippen LogP contribution in [0.3, 0.4) is 0 Å². The highest BCUT2D eigenvalue weighted by Gasteiger charge is 2.51. The van der Waals surface area contributed by atoms with E-state index in [1.807, 2.05) is 23.9 Å². The van der Waals surface area contributed by atoms with Crippen LogP contribution in [0.25, 0.3) is 0 Å². The van der Waals surface area contributed by atoms with Crippen LogP contribution < -0.4 is 0 Å². The van der Waals surface area contributed by atoms with Crippen molar-refractivity contribution >= 4 is 11.8 Å². The summed E-state index contributed by atoms with van der Waals surface area (Å²) in [5.41, 5.74) is 0. The highest BCUT2D eigenvalue weighted by molar-refractivity contribution is 5.87. The molecule has 6 rings (SSSR count). The van der Waals surface area contributed by atoms with E-state index in [0.717, 1.165) is 25.7 Å². The van der Waals surface area contributed by atoms with E-state index in [4.69, 9.17) is 0 Å². The summed E-state index contributed by atoms with van der Waals surface area (Å²) in [6.45, 7) is 0. The minimum Gasteiger partial charge on any atom is -0.342 e. The lowest BCUT2D eigenvalue weighted by atomic mass is 9.71. The summed E-state index contributed by atoms with van der Waals surface area (Å²) in [6.07, 6.45) is 3.94. The molecule has 0 aromatic heterocycles. The Bertz CT molecular complexity index is 321. The molecule has 4 atom stereocenters. The van der Waals surface area contributed by atoms with E-state index >= 15 is 0 Å². The molecule has 1 saturated carbocycles. The van der Waals surface area contributed by atoms with Gasteiger partial charge in [-0.3, -0.25) is 9.59 Å². The summed E-state index contributed by atoms with van der Waals surface area (Å²) in [5, 5.41) is 0. The molecule has 6 fully saturated rings. The number of carbonyl (C=O) groups excluding carboxylic acids is 2. The fourth-order valence-corrected chi connectivity index (χ4v) is 3.84. The topological polar surface area (TPSA) is 40.6 Å². The first-order valence-electron chi connectivity index (χ1n) is 6.14. The number of rotatable bonds is 0. The second-order valence-electron chi connectivity index (χ2n) is 5.40. The molecule has 1 aliphatic carbocycles. The molecule has 0 spiro atoms. The Morgan fingerprint density at radius 1 is 0.812 bits per heavy atom. The quantitative estimate of drug-likeness (QED) is 0.598. The van der Waals surface area contributed by atoms with E-state index < -0.39 is 0 Å². The average Bonchev–Trinajstić information content (AvgIpc) is 2.23. The van der Waals surface area contributed by atoms with Gasteiger partial charge in [0.2, 0.25) is 11.8 Å². The molecule has 5 saturated heterocycles. The van der Waals surface area contributed by atoms with E-state index in [1.54, 1.807) is 0 Å². The van der Waals surface area contributed by atoms with Crippen LogP contribution in [0.2, 0.25) is 0 Å². The summed E-state index contributed by atoms with van der Waals surface area (Å²) in [5.74, 6) is 0.614. The van der Waals surface area contributed by atoms with Crippen molar-refractivity contribution in [1.29, 1.82) is 0 Å². The molecule has 88 valence electrons. The summed E-state index contributed by atoms with van der Waals surface area (Å²) in [4.78, 5) is 28.1. The van der Waals surface area contributed by atoms with Crippen LogP contribution >= 0.6 is 0 Å². The highest BCUT2D eigenvalue weighted by atomic mass is 16.2. The van der Waals surface area contributed by atoms with Crippen LogP contribution in [-0.2, 0) is 9.59 Å². The molecule has 0 aromatic rings. The van der Waals surface area contributed by atoms with Gasteiger partial charge in [0, 0.05) is 26.2 Å². The normalized spacial score (nSPS) is 42.6. The third kappa shape index (κ3) is 1.10. The summed E-state index contributed by atoms with van der Waals surface area (Å²) in [7, 11) is 3.74. The van der Waals surface area contributed by atoms with Crippen LogP contribution in [0.5, 0.6) is 0 Å². The van der Waals surface area contributed by atoms with Gasteiger partial charge in [-0.1, -0.05) is 0 Å². The van der Waals surface area contributed by atoms with Gasteiger partial charge in [-0.2, -0.15) is 0 Å². The molecule has 4 bridgehead atoms. The highest BCUT2D eigenvalue weighted by Crippen LogP contribution is 2.41. The van der Waals surface area contributed by atoms with Crippen LogP contribution in [0, 0.1) is 11.8 Å². The Labute approximate surface area is 95.6 Å². The van der Waals surface area contributed by atoms with Gasteiger partial charge in [-0.15, -0.1) is 0 Å². The van der Waals surface area contributed by atoms with Crippen LogP contribution in [-0.4, -0.2) is 47.8 Å². The van der Waals surface area contributed by atoms with Gasteiger partial charge in [0.1, 0.15) is 0 Å². The maximum atomic E-state index is 12.2. The second kappa shape index (κ2) is 3.22. The number of carbonyl (C=O) groups is 2. The average molecular weight is 222 g/mol. The van der Waals surface area contributed by atoms with Gasteiger partial charge in [0.05, 0.1) is 11.8 Å². The maximum Gasteiger partial charge on any atom is 0.227 e. The Hall–Kier alpha value is -1.06. The molecule has 2 amide bonds. The predicted molar refractivity (Wildman–Crippen MR) is 58.6 cm³/mol. The number of nitrogens with zero attached hydrogens (tertiary/aromatic N) is 2. The van der Waals surface area contributed by atoms with E-state index in [2.05, 4.69) is 0 Å². The minimum atomic E-state index is 0.0523. The standard InChI is InChI=1S/C12H18N2O2/c1-13-9-5-3-8(11(13)15)10-6-4-7(9)12(16)14(10)2/h7-10H,3-6H2,1-2H3/t7-,8-,9-,10+/m0/s1. The van der Waals surface area contributed by atoms with Gasteiger partial charge >= 0.3 is 0 Å². The van der Waals surface area contributed by atoms with Crippen molar-refractivity contribution in [3.63, 3.8) is 0 Å². The Kier molecular flexibility index (Phi) is 2.03. The van der Waals surface area contributed by atoms with Crippen molar-refractivity contribution in [3.8, 4) is 0 Å². The molecule has 5 aliphatic heterocycles. The van der Waals surface area contributed by atoms with Gasteiger partial charge in [-0.25, -0.2) is 0 Å². The molecular weight excluding hydrogens is 204 g/mol. The smallest absolute Gasteiger partial charge is 0.227 e. The summed E-state index contributed by atoms with van der Waals surface area (Å²) < 4.78 is 0. The van der Waals surface area contributed by atoms with Crippen LogP contribution in [0.4, 0.5) is 0 Å². The number of piperidine rings is 2. The Morgan fingerprint density at radius 3 is 1.56 bits per heavy atom. The zero-order valence-corrected chi connectivity index (χ0v) is 9.85. The van der Waals surface area contributed by atoms with Crippen molar-refractivity contribution in [3.05, 3.63) is 0 Å². The SMILES string of the molecule is CN1C(=O)[C@H]2CC[C@@H]1[C@@H]1CC[C@@H]2N(C)C1=O. The lowest BCUT2D eigenvalue weighted by Gasteiger charge is -2.52. The van der Waals surface area contributed by atoms with Gasteiger partial charge < -0.3 is 9.80 Å². The predicted octanol–water partition coefficient (Wildman–Crippen LogP) is 0.474. The molecule has 4 heteroatoms. The second-order valence-corrected chi connectivity index (χ2v) is 5.40. The lowest BCUT2D eigenvalue weighted by Crippen LogP contribution is -2.64. The molecule has 0 aromatic carbocycles. The van der Waals surface area contributed by atoms with Crippen molar-refractivity contribution in [2.24, 2.45) is 11.8 Å². The first kappa shape index (κ1) is 10.1. The molecule has 6 aliphatic rings. The molecule has 0 unspecified atom stereocenters. The molecule has 16 heavy (non-hydrogen) atoms. The number of hydrogen-bond acceptors (Lipinski definition) is 2. The molecular formula is C12H18N2O2. The molecule has 0 N–H and O–H groups in total. The van der Waals surface area contributed by atoms with Crippen LogP contribution in [0.1, 0.15) is 25.7 Å². The minimum absolute atomic E-state index is 0.0523. The monoisotopic (exact) mass is 222 g/mol. The Morgan fingerprint density at radius 2 is 1.19 bits per heavy atom. The molecule has 5 heterocycles. The zero-order chi connectivity index (χ0) is 11.4. The fraction of sp³-hybridized carbons (Fsp3) is 0.833. The van der Waals surface area contributed by atoms with Crippen molar-refractivity contribution in [1.82, 2.24) is 9.80 Å². The Balaban J connectivity index is 2.06. The van der Waals surface area contributed by atoms with Crippen molar-refractivity contribution in [2.45, 2.75) is 37.8 Å². The van der Waals surface area contributed by atoms with Crippen LogP contribution in [0.15, 0.2) is 0 Å². The summed E-state index contributed by atoms with van der Waals surface area (Å²) >= 11 is 0. The summed E-state index contributed by atoms with van der Waals surface area (Å²) in [6, 6.07) is 0.305. The molecule has 4 nitrogen and oxygen atoms in total. The van der Waals surface area contributed by atoms with Crippen molar-refractivity contribution in [2.75, 3.05) is 14.1 Å². The van der Waals surface area contributed by atoms with E-state index in [9.17, 15) is 9.59 Å². The number of hydrogen-bond donors (Lipinski definition) is 0. The fourth-order valence-electron chi connectivity index (χ4n) is 3.84. The largest absolute Gasteiger partial charge is 0.342 e. The third-order valence-corrected chi connectivity index (χ3v) is 4.80. The first-order chi connectivity index (χ1) is 7.61. The first-order valence-corrected chi connectivity index (χ1v) is 6.14. The van der Waals surface area contributed by atoms with Gasteiger partial charge in [0.15, 0.2) is 0 Å². The lowest BCUT2D eigenvalue weighted by molar-refractivity contribution is -0.163. The maximum absolute atomic E-state index is 12.2. The van der Waals surface area contributed by atoms with E-state index in [-0.39, 0.29) is 35.7 Å². The number of amides is 2. The van der Waals surface area contributed by atoms with E-state index in [1.165, 1.54) is 0 Å². The third-order valence-electron chi connectivity index (χ3n) is 4.80. The zero-order valence-electron chi connectivity index (χ0n) is 9.85. The van der Waals surface area contributed by atoms with Gasteiger partial charge in [0.25, 0.3) is 0 Å². The van der Waals surface area contributed by atoms with Gasteiger partial charge in [-0.05, 0) is 25.7 Å².